The number of esters is 1. The number of likely N-dealkylation sites (tertiary alicyclic amines) is 1. The molecule has 2 N–H and O–H groups in total. The molecule has 314 valence electrons. The van der Waals surface area contributed by atoms with E-state index in [-0.39, 0.29) is 45.8 Å². The molecule has 3 saturated heterocycles. The maximum Gasteiger partial charge on any atom is 0.392 e. The summed E-state index contributed by atoms with van der Waals surface area (Å²) in [6.45, 7) is 0.815. The molecule has 3 aliphatic rings. The Hall–Kier alpha value is -4.93. The third-order valence-corrected chi connectivity index (χ3v) is 14.0. The van der Waals surface area contributed by atoms with Crippen LogP contribution in [0.3, 0.4) is 0 Å². The molecule has 3 amide bonds. The van der Waals surface area contributed by atoms with Crippen LogP contribution in [0.4, 0.5) is 22.0 Å². The van der Waals surface area contributed by atoms with Gasteiger partial charge in [0.25, 0.3) is 5.91 Å². The van der Waals surface area contributed by atoms with Crippen LogP contribution in [0, 0.1) is 5.82 Å². The maximum atomic E-state index is 16.5. The number of nitrogens with zero attached hydrogens (tertiary/aromatic N) is 3. The lowest BCUT2D eigenvalue weighted by atomic mass is 9.91. The molecule has 0 bridgehead atoms. The van der Waals surface area contributed by atoms with Gasteiger partial charge in [0.2, 0.25) is 17.7 Å². The zero-order valence-corrected chi connectivity index (χ0v) is 33.4. The Morgan fingerprint density at radius 2 is 1.80 bits per heavy atom. The molecule has 7 rings (SSSR count). The Labute approximate surface area is 339 Å². The van der Waals surface area contributed by atoms with E-state index in [1.807, 2.05) is 0 Å². The summed E-state index contributed by atoms with van der Waals surface area (Å²) in [5, 5.41) is 5.58. The van der Waals surface area contributed by atoms with Crippen molar-refractivity contribution in [3.8, 4) is 5.75 Å². The zero-order valence-electron chi connectivity index (χ0n) is 31.7. The lowest BCUT2D eigenvalue weighted by Gasteiger charge is -2.42. The molecule has 3 fully saturated rings. The van der Waals surface area contributed by atoms with Crippen LogP contribution in [0.25, 0.3) is 10.1 Å². The van der Waals surface area contributed by atoms with Gasteiger partial charge in [-0.3, -0.25) is 28.7 Å². The summed E-state index contributed by atoms with van der Waals surface area (Å²) >= 11 is 1.08. The second kappa shape index (κ2) is 17.3. The molecule has 2 aromatic heterocycles. The number of thiophene rings is 1. The van der Waals surface area contributed by atoms with E-state index < -0.39 is 62.6 Å². The Kier molecular flexibility index (Phi) is 12.4. The first-order valence-corrected chi connectivity index (χ1v) is 21.7. The molecule has 6 atom stereocenters. The number of ether oxygens (including phenoxy) is 1. The number of fused-ring (bicyclic) bond motifs is 2. The topological polar surface area (TPSA) is 147 Å². The predicted molar refractivity (Wildman–Crippen MR) is 207 cm³/mol. The zero-order chi connectivity index (χ0) is 42.1. The van der Waals surface area contributed by atoms with Crippen molar-refractivity contribution in [2.24, 2.45) is 0 Å². The number of benzene rings is 2. The van der Waals surface area contributed by atoms with Crippen molar-refractivity contribution in [1.82, 2.24) is 25.2 Å². The highest BCUT2D eigenvalue weighted by molar-refractivity contribution is 7.57. The molecule has 12 nitrogen and oxygen atoms in total. The highest BCUT2D eigenvalue weighted by Crippen LogP contribution is 2.58. The van der Waals surface area contributed by atoms with Gasteiger partial charge in [0.15, 0.2) is 0 Å². The van der Waals surface area contributed by atoms with Crippen LogP contribution in [-0.4, -0.2) is 88.5 Å². The van der Waals surface area contributed by atoms with Crippen LogP contribution in [0.15, 0.2) is 73.1 Å². The first kappa shape index (κ1) is 42.2. The van der Waals surface area contributed by atoms with Gasteiger partial charge in [0.05, 0.1) is 17.9 Å². The first-order valence-electron chi connectivity index (χ1n) is 19.1. The molecule has 2 unspecified atom stereocenters. The summed E-state index contributed by atoms with van der Waals surface area (Å²) in [5.74, 6) is -5.26. The van der Waals surface area contributed by atoms with Gasteiger partial charge in [-0.2, -0.15) is 13.2 Å². The number of halogens is 5. The fourth-order valence-electron chi connectivity index (χ4n) is 7.73. The highest BCUT2D eigenvalue weighted by atomic mass is 32.1. The summed E-state index contributed by atoms with van der Waals surface area (Å²) in [7, 11) is -4.70. The van der Waals surface area contributed by atoms with E-state index in [9.17, 15) is 41.3 Å². The monoisotopic (exact) mass is 861 g/mol. The number of carbonyl (C=O) groups excluding carboxylic acids is 4. The van der Waals surface area contributed by atoms with Crippen molar-refractivity contribution in [3.05, 3.63) is 94.9 Å². The van der Waals surface area contributed by atoms with Crippen LogP contribution >= 0.6 is 18.9 Å². The summed E-state index contributed by atoms with van der Waals surface area (Å²) in [6, 6.07) is 11.3. The average molecular weight is 862 g/mol. The number of para-hydroxylation sites is 1. The highest BCUT2D eigenvalue weighted by Gasteiger charge is 2.48. The minimum atomic E-state index is -4.70. The second-order valence-electron chi connectivity index (χ2n) is 14.9. The molecule has 5 heterocycles. The van der Waals surface area contributed by atoms with Crippen LogP contribution < -0.4 is 14.9 Å². The van der Waals surface area contributed by atoms with Gasteiger partial charge in [-0.05, 0) is 86.4 Å². The number of hydrogen-bond donors (Lipinski definition) is 2. The van der Waals surface area contributed by atoms with Gasteiger partial charge in [0, 0.05) is 47.7 Å². The Bertz CT molecular complexity index is 2260. The molecular formula is C40H41F5N5O7PS. The number of aromatic nitrogens is 1. The largest absolute Gasteiger partial charge is 0.464 e. The van der Waals surface area contributed by atoms with E-state index in [1.54, 1.807) is 28.0 Å². The number of carbonyl (C=O) groups is 4. The minimum Gasteiger partial charge on any atom is -0.464 e. The van der Waals surface area contributed by atoms with E-state index >= 15 is 4.39 Å². The van der Waals surface area contributed by atoms with E-state index in [0.29, 0.717) is 60.8 Å². The van der Waals surface area contributed by atoms with Crippen molar-refractivity contribution in [2.45, 2.75) is 87.6 Å². The van der Waals surface area contributed by atoms with Gasteiger partial charge in [0.1, 0.15) is 29.7 Å². The van der Waals surface area contributed by atoms with Crippen molar-refractivity contribution in [3.63, 3.8) is 0 Å². The Morgan fingerprint density at radius 3 is 2.53 bits per heavy atom. The smallest absolute Gasteiger partial charge is 0.392 e. The van der Waals surface area contributed by atoms with E-state index in [0.717, 1.165) is 18.3 Å². The number of alkyl halides is 4. The van der Waals surface area contributed by atoms with Gasteiger partial charge in [-0.25, -0.2) is 13.9 Å². The van der Waals surface area contributed by atoms with Crippen LogP contribution in [-0.2, 0) is 23.7 Å². The standard InChI is InChI=1S/C40H41F5N5O7PS/c1-23(39(54)56-17-15-40(43,44)45)48-58(55,57-28-7-3-2-4-8-28)35(42)24-10-13-33-25(18-24)19-34(59-33)36(51)47-31-9-5-6-27-11-12-32(50(27)37(31)52)38(53)49-21-26(22-49)29-20-46-16-14-30(29)41/h2-4,7-8,10,13-14,16,18-20,23,26-27,31-32,35H,5-6,9,11-12,15,17,21-22H2,1H3,(H,47,51)(H,48,55)/t23-,27-,31-,32-,35?,58?/m0/s1. The molecule has 0 spiro atoms. The van der Waals surface area contributed by atoms with Crippen molar-refractivity contribution in [2.75, 3.05) is 19.7 Å². The molecule has 0 saturated carbocycles. The quantitative estimate of drug-likeness (QED) is 0.0797. The van der Waals surface area contributed by atoms with E-state index in [1.165, 1.54) is 54.9 Å². The number of hydrogen-bond acceptors (Lipinski definition) is 9. The molecule has 0 radical (unpaired) electrons. The average Bonchev–Trinajstić information content (AvgIpc) is 3.77. The van der Waals surface area contributed by atoms with Crippen LogP contribution in [0.1, 0.15) is 78.1 Å². The number of amides is 3. The summed E-state index contributed by atoms with van der Waals surface area (Å²) in [5.41, 5.74) is 0.308. The molecule has 2 aromatic carbocycles. The number of rotatable bonds is 13. The third kappa shape index (κ3) is 9.44. The maximum absolute atomic E-state index is 16.5. The van der Waals surface area contributed by atoms with E-state index in [4.69, 9.17) is 4.52 Å². The van der Waals surface area contributed by atoms with Crippen LogP contribution in [0.2, 0.25) is 0 Å². The fraction of sp³-hybridized carbons (Fsp3) is 0.425. The third-order valence-electron chi connectivity index (χ3n) is 10.8. The fourth-order valence-corrected chi connectivity index (χ4v) is 10.6. The molecular weight excluding hydrogens is 820 g/mol. The second-order valence-corrected chi connectivity index (χ2v) is 18.1. The van der Waals surface area contributed by atoms with Crippen molar-refractivity contribution >= 4 is 52.6 Å². The lowest BCUT2D eigenvalue weighted by Crippen LogP contribution is -2.58. The van der Waals surface area contributed by atoms with Gasteiger partial charge < -0.3 is 24.4 Å². The Balaban J connectivity index is 1.03. The van der Waals surface area contributed by atoms with Crippen molar-refractivity contribution in [1.29, 1.82) is 0 Å². The SMILES string of the molecule is C[C@H](NP(=O)(Oc1ccccc1)C(F)c1ccc2sc(C(=O)N[C@H]3CCC[C@H]4CC[C@@H](C(=O)N5CC(c6cnccc6F)C5)N4C3=O)cc2c1)C(=O)OCCC(F)(F)F. The first-order chi connectivity index (χ1) is 28.1. The van der Waals surface area contributed by atoms with E-state index in [2.05, 4.69) is 20.1 Å². The number of pyridine rings is 1. The number of nitrogens with one attached hydrogen (secondary N) is 2. The summed E-state index contributed by atoms with van der Waals surface area (Å²) in [4.78, 5) is 61.3. The van der Waals surface area contributed by atoms with Gasteiger partial charge in [-0.1, -0.05) is 24.3 Å². The normalized spacial score (nSPS) is 21.8. The molecule has 3 aliphatic heterocycles. The molecule has 19 heteroatoms. The molecule has 59 heavy (non-hydrogen) atoms. The van der Waals surface area contributed by atoms with Crippen LogP contribution in [0.5, 0.6) is 5.75 Å². The predicted octanol–water partition coefficient (Wildman–Crippen LogP) is 7.42. The lowest BCUT2D eigenvalue weighted by molar-refractivity contribution is -0.160. The van der Waals surface area contributed by atoms with Crippen molar-refractivity contribution < 1.29 is 55.0 Å². The Morgan fingerprint density at radius 1 is 1.03 bits per heavy atom. The van der Waals surface area contributed by atoms with Gasteiger partial charge in [-0.15, -0.1) is 11.3 Å². The molecule has 4 aromatic rings. The summed E-state index contributed by atoms with van der Waals surface area (Å²) < 4.78 is 93.6. The summed E-state index contributed by atoms with van der Waals surface area (Å²) in [6.07, 6.45) is -0.335. The van der Waals surface area contributed by atoms with Gasteiger partial charge >= 0.3 is 19.7 Å². The molecule has 0 aliphatic carbocycles. The minimum absolute atomic E-state index is 0.00474.